The van der Waals surface area contributed by atoms with Gasteiger partial charge in [-0.3, -0.25) is 9.36 Å². The third-order valence-electron chi connectivity index (χ3n) is 6.62. The summed E-state index contributed by atoms with van der Waals surface area (Å²) in [5, 5.41) is 4.07. The predicted molar refractivity (Wildman–Crippen MR) is 117 cm³/mol. The van der Waals surface area contributed by atoms with Gasteiger partial charge in [-0.05, 0) is 70.1 Å². The molecule has 7 heteroatoms. The van der Waals surface area contributed by atoms with Gasteiger partial charge in [0.1, 0.15) is 5.76 Å². The van der Waals surface area contributed by atoms with Gasteiger partial charge in [-0.1, -0.05) is 18.0 Å². The highest BCUT2D eigenvalue weighted by Crippen LogP contribution is 2.35. The fraction of sp³-hybridized carbons (Fsp3) is 0.542. The van der Waals surface area contributed by atoms with Crippen molar-refractivity contribution in [2.75, 3.05) is 13.2 Å². The zero-order chi connectivity index (χ0) is 22.0. The molecule has 3 heterocycles. The average molecular weight is 426 g/mol. The minimum atomic E-state index is -0.507. The van der Waals surface area contributed by atoms with Crippen LogP contribution < -0.4 is 0 Å². The molecule has 31 heavy (non-hydrogen) atoms. The zero-order valence-corrected chi connectivity index (χ0v) is 18.6. The normalized spacial score (nSPS) is 21.3. The Balaban J connectivity index is 1.35. The lowest BCUT2D eigenvalue weighted by Crippen LogP contribution is -2.50. The summed E-state index contributed by atoms with van der Waals surface area (Å²) >= 11 is 0. The summed E-state index contributed by atoms with van der Waals surface area (Å²) in [5.41, 5.74) is 2.83. The van der Waals surface area contributed by atoms with Gasteiger partial charge >= 0.3 is 5.97 Å². The number of rotatable bonds is 5. The van der Waals surface area contributed by atoms with Gasteiger partial charge in [0.25, 0.3) is 5.91 Å². The van der Waals surface area contributed by atoms with E-state index in [0.29, 0.717) is 17.8 Å². The maximum atomic E-state index is 12.7. The molecule has 1 aliphatic heterocycles. The molecule has 2 aromatic heterocycles. The molecule has 7 nitrogen and oxygen atoms in total. The number of amides is 1. The van der Waals surface area contributed by atoms with Crippen molar-refractivity contribution in [1.82, 2.24) is 14.6 Å². The van der Waals surface area contributed by atoms with Crippen LogP contribution in [-0.4, -0.2) is 45.7 Å². The molecule has 1 saturated carbocycles. The van der Waals surface area contributed by atoms with Crippen LogP contribution in [0.5, 0.6) is 0 Å². The molecule has 2 aromatic rings. The molecule has 166 valence electrons. The van der Waals surface area contributed by atoms with E-state index in [1.54, 1.807) is 6.08 Å². The number of hydrogen-bond donors (Lipinski definition) is 0. The topological polar surface area (TPSA) is 77.6 Å². The van der Waals surface area contributed by atoms with E-state index in [-0.39, 0.29) is 12.5 Å². The number of hydrogen-bond acceptors (Lipinski definition) is 5. The van der Waals surface area contributed by atoms with Crippen molar-refractivity contribution in [2.24, 2.45) is 5.92 Å². The molecule has 0 radical (unpaired) electrons. The van der Waals surface area contributed by atoms with Crippen LogP contribution in [0.25, 0.3) is 11.9 Å². The third-order valence-corrected chi connectivity index (χ3v) is 6.62. The van der Waals surface area contributed by atoms with Crippen LogP contribution in [-0.2, 0) is 14.3 Å². The molecule has 0 spiro atoms. The minimum Gasteiger partial charge on any atom is -0.452 e. The largest absolute Gasteiger partial charge is 0.452 e. The lowest BCUT2D eigenvalue weighted by Gasteiger charge is -2.44. The van der Waals surface area contributed by atoms with Crippen molar-refractivity contribution < 1.29 is 18.8 Å². The van der Waals surface area contributed by atoms with Crippen molar-refractivity contribution in [3.63, 3.8) is 0 Å². The smallest absolute Gasteiger partial charge is 0.331 e. The first kappa shape index (κ1) is 21.4. The number of fused-ring (bicyclic) bond motifs is 1. The highest BCUT2D eigenvalue weighted by molar-refractivity contribution is 5.89. The van der Waals surface area contributed by atoms with Crippen LogP contribution in [0.3, 0.4) is 0 Å². The fourth-order valence-corrected chi connectivity index (χ4v) is 5.12. The molecular formula is C24H31N3O4. The van der Waals surface area contributed by atoms with Gasteiger partial charge in [0, 0.05) is 36.1 Å². The molecule has 1 saturated heterocycles. The molecule has 1 aliphatic carbocycles. The quantitative estimate of drug-likeness (QED) is 0.532. The second kappa shape index (κ2) is 9.12. The first-order chi connectivity index (χ1) is 14.9. The summed E-state index contributed by atoms with van der Waals surface area (Å²) in [6.07, 6.45) is 10.1. The average Bonchev–Trinajstić information content (AvgIpc) is 3.31. The maximum Gasteiger partial charge on any atom is 0.331 e. The summed E-state index contributed by atoms with van der Waals surface area (Å²) in [6, 6.07) is 4.17. The Bertz CT molecular complexity index is 985. The second-order valence-electron chi connectivity index (χ2n) is 8.74. The first-order valence-corrected chi connectivity index (χ1v) is 11.2. The van der Waals surface area contributed by atoms with Gasteiger partial charge in [0.2, 0.25) is 0 Å². The van der Waals surface area contributed by atoms with Crippen LogP contribution in [0.2, 0.25) is 0 Å². The number of nitrogens with zero attached hydrogens (tertiary/aromatic N) is 3. The van der Waals surface area contributed by atoms with E-state index in [9.17, 15) is 9.59 Å². The van der Waals surface area contributed by atoms with Crippen molar-refractivity contribution in [3.05, 3.63) is 40.9 Å². The highest BCUT2D eigenvalue weighted by Gasteiger charge is 2.35. The summed E-state index contributed by atoms with van der Waals surface area (Å²) in [7, 11) is 0. The number of piperidine rings is 1. The van der Waals surface area contributed by atoms with Crippen molar-refractivity contribution in [1.29, 1.82) is 0 Å². The molecule has 2 fully saturated rings. The zero-order valence-electron chi connectivity index (χ0n) is 18.6. The standard InChI is InChI=1S/C24H31N3O4/c1-16-13-20(18(3)27(16)22-14-17(2)31-25-22)10-11-24(29)30-15-23(28)26-12-6-8-19-7-4-5-9-21(19)26/h10-11,13-14,19,21H,4-9,12,15H2,1-3H3/b11-10+/t19-,21-/m0/s1. The summed E-state index contributed by atoms with van der Waals surface area (Å²) < 4.78 is 12.4. The molecular weight excluding hydrogens is 394 g/mol. The number of likely N-dealkylation sites (tertiary alicyclic amines) is 1. The predicted octanol–water partition coefficient (Wildman–Crippen LogP) is 4.13. The summed E-state index contributed by atoms with van der Waals surface area (Å²) in [5.74, 6) is 1.49. The lowest BCUT2D eigenvalue weighted by molar-refractivity contribution is -0.151. The maximum absolute atomic E-state index is 12.7. The third kappa shape index (κ3) is 4.60. The molecule has 2 atom stereocenters. The molecule has 0 bridgehead atoms. The number of aromatic nitrogens is 2. The monoisotopic (exact) mass is 425 g/mol. The van der Waals surface area contributed by atoms with Crippen LogP contribution >= 0.6 is 0 Å². The van der Waals surface area contributed by atoms with Crippen molar-refractivity contribution >= 4 is 18.0 Å². The van der Waals surface area contributed by atoms with Crippen LogP contribution in [0.15, 0.2) is 22.7 Å². The Labute approximate surface area is 183 Å². The molecule has 0 unspecified atom stereocenters. The van der Waals surface area contributed by atoms with E-state index >= 15 is 0 Å². The lowest BCUT2D eigenvalue weighted by atomic mass is 9.78. The molecule has 0 aromatic carbocycles. The van der Waals surface area contributed by atoms with E-state index in [4.69, 9.17) is 9.26 Å². The van der Waals surface area contributed by atoms with E-state index in [2.05, 4.69) is 5.16 Å². The van der Waals surface area contributed by atoms with Gasteiger partial charge in [0.15, 0.2) is 12.4 Å². The van der Waals surface area contributed by atoms with Crippen LogP contribution in [0.1, 0.15) is 61.2 Å². The Morgan fingerprint density at radius 3 is 2.71 bits per heavy atom. The molecule has 0 N–H and O–H groups in total. The number of esters is 1. The van der Waals surface area contributed by atoms with E-state index < -0.39 is 5.97 Å². The highest BCUT2D eigenvalue weighted by atomic mass is 16.5. The fourth-order valence-electron chi connectivity index (χ4n) is 5.12. The number of carbonyl (C=O) groups is 2. The van der Waals surface area contributed by atoms with E-state index in [1.165, 1.54) is 31.8 Å². The van der Waals surface area contributed by atoms with E-state index in [1.807, 2.05) is 42.4 Å². The number of aryl methyl sites for hydroxylation is 2. The minimum absolute atomic E-state index is 0.0714. The van der Waals surface area contributed by atoms with Gasteiger partial charge < -0.3 is 14.2 Å². The van der Waals surface area contributed by atoms with Crippen molar-refractivity contribution in [2.45, 2.75) is 65.3 Å². The molecule has 4 rings (SSSR count). The Kier molecular flexibility index (Phi) is 6.30. The SMILES string of the molecule is Cc1cc(-n2c(C)cc(/C=C/C(=O)OCC(=O)N3CCC[C@@H]4CCCC[C@@H]43)c2C)no1. The number of carbonyl (C=O) groups excluding carboxylic acids is 2. The van der Waals surface area contributed by atoms with Gasteiger partial charge in [-0.25, -0.2) is 4.79 Å². The Morgan fingerprint density at radius 1 is 1.16 bits per heavy atom. The van der Waals surface area contributed by atoms with Crippen molar-refractivity contribution in [3.8, 4) is 5.82 Å². The Hall–Kier alpha value is -2.83. The Morgan fingerprint density at radius 2 is 1.94 bits per heavy atom. The van der Waals surface area contributed by atoms with Gasteiger partial charge in [-0.15, -0.1) is 0 Å². The molecule has 1 amide bonds. The van der Waals surface area contributed by atoms with E-state index in [0.717, 1.165) is 42.1 Å². The second-order valence-corrected chi connectivity index (χ2v) is 8.74. The first-order valence-electron chi connectivity index (χ1n) is 11.2. The van der Waals surface area contributed by atoms with Gasteiger partial charge in [-0.2, -0.15) is 0 Å². The summed E-state index contributed by atoms with van der Waals surface area (Å²) in [6.45, 7) is 6.37. The van der Waals surface area contributed by atoms with Crippen LogP contribution in [0, 0.1) is 26.7 Å². The molecule has 2 aliphatic rings. The van der Waals surface area contributed by atoms with Crippen LogP contribution in [0.4, 0.5) is 0 Å². The summed E-state index contributed by atoms with van der Waals surface area (Å²) in [4.78, 5) is 26.9. The van der Waals surface area contributed by atoms with Gasteiger partial charge in [0.05, 0.1) is 0 Å². The number of ether oxygens (including phenoxy) is 1.